The largest absolute Gasteiger partial charge is 0.457 e. The van der Waals surface area contributed by atoms with Crippen LogP contribution in [0.5, 0.6) is 11.5 Å². The van der Waals surface area contributed by atoms with E-state index in [0.717, 1.165) is 28.4 Å². The van der Waals surface area contributed by atoms with E-state index in [2.05, 4.69) is 44.8 Å². The molecular formula is C25H21N3OS2. The lowest BCUT2D eigenvalue weighted by Gasteiger charge is -2.27. The van der Waals surface area contributed by atoms with Crippen LogP contribution in [0.25, 0.3) is 0 Å². The van der Waals surface area contributed by atoms with Crippen molar-refractivity contribution >= 4 is 34.4 Å². The Kier molecular flexibility index (Phi) is 5.40. The Bertz CT molecular complexity index is 1180. The number of nitrogens with one attached hydrogen (secondary N) is 1. The van der Waals surface area contributed by atoms with Crippen molar-refractivity contribution in [2.45, 2.75) is 19.0 Å². The van der Waals surface area contributed by atoms with Gasteiger partial charge in [0.1, 0.15) is 11.5 Å². The van der Waals surface area contributed by atoms with Gasteiger partial charge in [-0.2, -0.15) is 0 Å². The molecule has 1 aliphatic rings. The van der Waals surface area contributed by atoms with Crippen LogP contribution < -0.4 is 15.0 Å². The van der Waals surface area contributed by atoms with E-state index in [1.165, 1.54) is 4.88 Å². The van der Waals surface area contributed by atoms with E-state index in [4.69, 9.17) is 17.0 Å². The van der Waals surface area contributed by atoms with Crippen molar-refractivity contribution in [1.29, 1.82) is 0 Å². The summed E-state index contributed by atoms with van der Waals surface area (Å²) in [6, 6.07) is 26.3. The fraction of sp³-hybridized carbons (Fsp3) is 0.120. The monoisotopic (exact) mass is 443 g/mol. The third-order valence-corrected chi connectivity index (χ3v) is 6.63. The highest BCUT2D eigenvalue weighted by molar-refractivity contribution is 7.80. The number of aromatic nitrogens is 1. The third kappa shape index (κ3) is 3.92. The van der Waals surface area contributed by atoms with E-state index < -0.39 is 0 Å². The van der Waals surface area contributed by atoms with E-state index >= 15 is 0 Å². The van der Waals surface area contributed by atoms with Crippen LogP contribution in [0.1, 0.15) is 28.2 Å². The molecule has 1 aliphatic heterocycles. The number of hydrogen-bond acceptors (Lipinski definition) is 4. The molecule has 3 heterocycles. The SMILES string of the molecule is Cc1ccccc1Oc1ccc(N2C(=S)N[C@@H](c3ccccn3)[C@@H]2c2cccs2)cc1. The van der Waals surface area contributed by atoms with Gasteiger partial charge in [-0.3, -0.25) is 4.98 Å². The lowest BCUT2D eigenvalue weighted by atomic mass is 10.0. The molecule has 4 nitrogen and oxygen atoms in total. The zero-order valence-electron chi connectivity index (χ0n) is 16.9. The van der Waals surface area contributed by atoms with Crippen LogP contribution in [-0.2, 0) is 0 Å². The van der Waals surface area contributed by atoms with Crippen LogP contribution in [0.3, 0.4) is 0 Å². The Balaban J connectivity index is 1.46. The number of thiocarbonyl (C=S) groups is 1. The normalized spacial score (nSPS) is 18.1. The molecular weight excluding hydrogens is 422 g/mol. The Hall–Kier alpha value is -3.22. The first-order valence-electron chi connectivity index (χ1n) is 10.1. The van der Waals surface area contributed by atoms with Crippen LogP contribution in [0, 0.1) is 6.92 Å². The van der Waals surface area contributed by atoms with Crippen molar-refractivity contribution < 1.29 is 4.74 Å². The van der Waals surface area contributed by atoms with Crippen LogP contribution in [0.15, 0.2) is 90.4 Å². The first kappa shape index (κ1) is 19.7. The molecule has 0 saturated carbocycles. The molecule has 2 aromatic carbocycles. The van der Waals surface area contributed by atoms with Crippen molar-refractivity contribution in [3.05, 3.63) is 107 Å². The number of anilines is 1. The predicted octanol–water partition coefficient (Wildman–Crippen LogP) is 6.42. The minimum absolute atomic E-state index is 0.0183. The van der Waals surface area contributed by atoms with E-state index in [0.29, 0.717) is 5.11 Å². The number of thiophene rings is 1. The van der Waals surface area contributed by atoms with Crippen molar-refractivity contribution in [2.75, 3.05) is 4.90 Å². The Morgan fingerprint density at radius 1 is 0.968 bits per heavy atom. The highest BCUT2D eigenvalue weighted by Crippen LogP contribution is 2.43. The second kappa shape index (κ2) is 8.49. The molecule has 2 aromatic heterocycles. The number of benzene rings is 2. The van der Waals surface area contributed by atoms with Gasteiger partial charge in [-0.1, -0.05) is 30.3 Å². The van der Waals surface area contributed by atoms with Gasteiger partial charge in [-0.05, 0) is 78.6 Å². The number of para-hydroxylation sites is 1. The van der Waals surface area contributed by atoms with Gasteiger partial charge < -0.3 is 15.0 Å². The molecule has 1 saturated heterocycles. The highest BCUT2D eigenvalue weighted by atomic mass is 32.1. The van der Waals surface area contributed by atoms with Crippen molar-refractivity contribution in [3.8, 4) is 11.5 Å². The summed E-state index contributed by atoms with van der Waals surface area (Å²) in [5.41, 5.74) is 3.10. The predicted molar refractivity (Wildman–Crippen MR) is 130 cm³/mol. The molecule has 1 N–H and O–H groups in total. The second-order valence-corrected chi connectivity index (χ2v) is 8.74. The van der Waals surface area contributed by atoms with Crippen molar-refractivity contribution in [2.24, 2.45) is 0 Å². The Morgan fingerprint density at radius 2 is 1.77 bits per heavy atom. The summed E-state index contributed by atoms with van der Waals surface area (Å²) in [5, 5.41) is 6.29. The first-order chi connectivity index (χ1) is 15.2. The summed E-state index contributed by atoms with van der Waals surface area (Å²) < 4.78 is 6.07. The van der Waals surface area contributed by atoms with Gasteiger partial charge in [0.25, 0.3) is 0 Å². The Morgan fingerprint density at radius 3 is 2.48 bits per heavy atom. The molecule has 31 heavy (non-hydrogen) atoms. The molecule has 4 aromatic rings. The summed E-state index contributed by atoms with van der Waals surface area (Å²) in [6.45, 7) is 2.04. The Labute approximate surface area is 191 Å². The average molecular weight is 444 g/mol. The minimum atomic E-state index is -0.0183. The molecule has 1 fully saturated rings. The molecule has 5 rings (SSSR count). The number of aryl methyl sites for hydroxylation is 1. The van der Waals surface area contributed by atoms with Gasteiger partial charge in [-0.25, -0.2) is 0 Å². The summed E-state index contributed by atoms with van der Waals surface area (Å²) in [5.74, 6) is 1.66. The highest BCUT2D eigenvalue weighted by Gasteiger charge is 2.41. The van der Waals surface area contributed by atoms with Gasteiger partial charge in [0.15, 0.2) is 5.11 Å². The van der Waals surface area contributed by atoms with E-state index in [1.54, 1.807) is 11.3 Å². The second-order valence-electron chi connectivity index (χ2n) is 7.37. The summed E-state index contributed by atoms with van der Waals surface area (Å²) in [7, 11) is 0. The van der Waals surface area contributed by atoms with Crippen LogP contribution >= 0.6 is 23.6 Å². The molecule has 0 amide bonds. The number of pyridine rings is 1. The van der Waals surface area contributed by atoms with Gasteiger partial charge in [0.05, 0.1) is 17.8 Å². The first-order valence-corrected chi connectivity index (χ1v) is 11.4. The summed E-state index contributed by atoms with van der Waals surface area (Å²) in [4.78, 5) is 8.01. The van der Waals surface area contributed by atoms with Crippen LogP contribution in [-0.4, -0.2) is 10.1 Å². The number of nitrogens with zero attached hydrogens (tertiary/aromatic N) is 2. The zero-order valence-corrected chi connectivity index (χ0v) is 18.6. The lowest BCUT2D eigenvalue weighted by molar-refractivity contribution is 0.479. The molecule has 0 bridgehead atoms. The number of rotatable bonds is 5. The number of hydrogen-bond donors (Lipinski definition) is 1. The molecule has 0 radical (unpaired) electrons. The minimum Gasteiger partial charge on any atom is -0.457 e. The van der Waals surface area contributed by atoms with E-state index in [9.17, 15) is 0 Å². The maximum Gasteiger partial charge on any atom is 0.174 e. The van der Waals surface area contributed by atoms with Crippen LogP contribution in [0.4, 0.5) is 5.69 Å². The van der Waals surface area contributed by atoms with Gasteiger partial charge in [0.2, 0.25) is 0 Å². The standard InChI is InChI=1S/C25H21N3OS2/c1-17-7-2-3-9-21(17)29-19-13-11-18(12-14-19)28-24(22-10-6-16-31-22)23(27-25(28)30)20-8-4-5-15-26-20/h2-16,23-24H,1H3,(H,27,30)/t23-,24-/m0/s1. The quantitative estimate of drug-likeness (QED) is 0.360. The summed E-state index contributed by atoms with van der Waals surface area (Å²) >= 11 is 7.50. The third-order valence-electron chi connectivity index (χ3n) is 5.37. The fourth-order valence-electron chi connectivity index (χ4n) is 3.85. The van der Waals surface area contributed by atoms with Crippen molar-refractivity contribution in [3.63, 3.8) is 0 Å². The molecule has 0 spiro atoms. The average Bonchev–Trinajstić information content (AvgIpc) is 3.44. The lowest BCUT2D eigenvalue weighted by Crippen LogP contribution is -2.28. The smallest absolute Gasteiger partial charge is 0.174 e. The maximum atomic E-state index is 6.07. The topological polar surface area (TPSA) is 37.4 Å². The molecule has 154 valence electrons. The zero-order chi connectivity index (χ0) is 21.2. The van der Waals surface area contributed by atoms with Gasteiger partial charge in [-0.15, -0.1) is 11.3 Å². The molecule has 0 aliphatic carbocycles. The summed E-state index contributed by atoms with van der Waals surface area (Å²) in [6.07, 6.45) is 1.83. The van der Waals surface area contributed by atoms with E-state index in [1.807, 2.05) is 67.7 Å². The van der Waals surface area contributed by atoms with Crippen LogP contribution in [0.2, 0.25) is 0 Å². The maximum absolute atomic E-state index is 6.07. The fourth-order valence-corrected chi connectivity index (χ4v) is 5.05. The van der Waals surface area contributed by atoms with Crippen molar-refractivity contribution in [1.82, 2.24) is 10.3 Å². The van der Waals surface area contributed by atoms with E-state index in [-0.39, 0.29) is 12.1 Å². The number of ether oxygens (including phenoxy) is 1. The van der Waals surface area contributed by atoms with Gasteiger partial charge in [0, 0.05) is 16.8 Å². The molecule has 0 unspecified atom stereocenters. The molecule has 2 atom stereocenters. The molecule has 6 heteroatoms. The van der Waals surface area contributed by atoms with Gasteiger partial charge >= 0.3 is 0 Å².